The molecule has 1 saturated carbocycles. The van der Waals surface area contributed by atoms with Crippen molar-refractivity contribution in [1.82, 2.24) is 10.2 Å². The number of hydrogen-bond donors (Lipinski definition) is 1. The average Bonchev–Trinajstić information content (AvgIpc) is 2.92. The van der Waals surface area contributed by atoms with E-state index >= 15 is 0 Å². The Balaban J connectivity index is 1.82. The van der Waals surface area contributed by atoms with Gasteiger partial charge in [-0.2, -0.15) is 11.3 Å². The number of thiophene rings is 1. The van der Waals surface area contributed by atoms with Gasteiger partial charge in [0.1, 0.15) is 0 Å². The van der Waals surface area contributed by atoms with Crippen LogP contribution in [0.2, 0.25) is 0 Å². The van der Waals surface area contributed by atoms with E-state index in [4.69, 9.17) is 0 Å². The Morgan fingerprint density at radius 1 is 1.69 bits per heavy atom. The summed E-state index contributed by atoms with van der Waals surface area (Å²) in [5.41, 5.74) is 1.28. The minimum atomic E-state index is -0.0551. The quantitative estimate of drug-likeness (QED) is 0.849. The molecule has 1 aromatic rings. The fourth-order valence-corrected chi connectivity index (χ4v) is 2.22. The Hall–Kier alpha value is -0.870. The molecule has 88 valence electrons. The molecule has 0 radical (unpaired) electrons. The molecular formula is C12H18N2OS. The summed E-state index contributed by atoms with van der Waals surface area (Å²) in [5, 5.41) is 7.23. The standard InChI is InChI=1S/C12H18N2OS/c1-9(12(15)13-11-3-4-11)14(2)7-10-5-6-16-8-10/h5-6,8-9,11H,3-4,7H2,1-2H3,(H,13,15)/t9-/m1/s1. The first-order valence-electron chi connectivity index (χ1n) is 5.68. The summed E-state index contributed by atoms with van der Waals surface area (Å²) in [5.74, 6) is 0.153. The van der Waals surface area contributed by atoms with Gasteiger partial charge in [-0.25, -0.2) is 0 Å². The molecule has 1 atom stereocenters. The van der Waals surface area contributed by atoms with Crippen LogP contribution < -0.4 is 5.32 Å². The summed E-state index contributed by atoms with van der Waals surface area (Å²) in [6.45, 7) is 2.80. The molecular weight excluding hydrogens is 220 g/mol. The molecule has 1 aliphatic carbocycles. The lowest BCUT2D eigenvalue weighted by Gasteiger charge is -2.23. The lowest BCUT2D eigenvalue weighted by molar-refractivity contribution is -0.125. The molecule has 2 rings (SSSR count). The molecule has 1 fully saturated rings. The van der Waals surface area contributed by atoms with E-state index in [1.54, 1.807) is 11.3 Å². The van der Waals surface area contributed by atoms with E-state index in [0.717, 1.165) is 19.4 Å². The molecule has 4 heteroatoms. The summed E-state index contributed by atoms with van der Waals surface area (Å²) < 4.78 is 0. The van der Waals surface area contributed by atoms with Crippen LogP contribution in [0.5, 0.6) is 0 Å². The summed E-state index contributed by atoms with van der Waals surface area (Å²) in [6.07, 6.45) is 2.29. The van der Waals surface area contributed by atoms with E-state index in [-0.39, 0.29) is 11.9 Å². The van der Waals surface area contributed by atoms with E-state index < -0.39 is 0 Å². The second-order valence-electron chi connectivity index (χ2n) is 4.51. The summed E-state index contributed by atoms with van der Waals surface area (Å²) >= 11 is 1.70. The van der Waals surface area contributed by atoms with Gasteiger partial charge in [-0.1, -0.05) is 0 Å². The Morgan fingerprint density at radius 2 is 2.44 bits per heavy atom. The van der Waals surface area contributed by atoms with Crippen LogP contribution in [0.25, 0.3) is 0 Å². The second kappa shape index (κ2) is 4.97. The fraction of sp³-hybridized carbons (Fsp3) is 0.583. The van der Waals surface area contributed by atoms with Crippen LogP contribution in [-0.4, -0.2) is 29.9 Å². The maximum atomic E-state index is 11.8. The number of carbonyl (C=O) groups is 1. The van der Waals surface area contributed by atoms with Crippen LogP contribution in [0, 0.1) is 0 Å². The average molecular weight is 238 g/mol. The van der Waals surface area contributed by atoms with Gasteiger partial charge in [0.25, 0.3) is 0 Å². The van der Waals surface area contributed by atoms with E-state index in [0.29, 0.717) is 6.04 Å². The number of nitrogens with one attached hydrogen (secondary N) is 1. The lowest BCUT2D eigenvalue weighted by atomic mass is 10.2. The summed E-state index contributed by atoms with van der Waals surface area (Å²) in [7, 11) is 1.99. The largest absolute Gasteiger partial charge is 0.352 e. The first kappa shape index (κ1) is 11.6. The van der Waals surface area contributed by atoms with Crippen molar-refractivity contribution in [3.05, 3.63) is 22.4 Å². The van der Waals surface area contributed by atoms with E-state index in [1.807, 2.05) is 14.0 Å². The third-order valence-electron chi connectivity index (χ3n) is 2.98. The van der Waals surface area contributed by atoms with E-state index in [2.05, 4.69) is 27.0 Å². The van der Waals surface area contributed by atoms with Crippen molar-refractivity contribution < 1.29 is 4.79 Å². The Labute approximate surface area is 100 Å². The number of carbonyl (C=O) groups excluding carboxylic acids is 1. The summed E-state index contributed by atoms with van der Waals surface area (Å²) in [6, 6.07) is 2.50. The molecule has 0 aromatic carbocycles. The van der Waals surface area contributed by atoms with Gasteiger partial charge in [0.2, 0.25) is 5.91 Å². The number of amides is 1. The first-order valence-corrected chi connectivity index (χ1v) is 6.63. The van der Waals surface area contributed by atoms with Gasteiger partial charge >= 0.3 is 0 Å². The number of rotatable bonds is 5. The molecule has 0 unspecified atom stereocenters. The van der Waals surface area contributed by atoms with Crippen LogP contribution in [-0.2, 0) is 11.3 Å². The predicted octanol–water partition coefficient (Wildman–Crippen LogP) is 1.85. The van der Waals surface area contributed by atoms with Crippen molar-refractivity contribution in [3.8, 4) is 0 Å². The highest BCUT2D eigenvalue weighted by atomic mass is 32.1. The van der Waals surface area contributed by atoms with Gasteiger partial charge in [-0.05, 0) is 49.2 Å². The van der Waals surface area contributed by atoms with Crippen LogP contribution in [0.3, 0.4) is 0 Å². The molecule has 1 N–H and O–H groups in total. The number of likely N-dealkylation sites (N-methyl/N-ethyl adjacent to an activating group) is 1. The minimum absolute atomic E-state index is 0.0551. The molecule has 3 nitrogen and oxygen atoms in total. The number of nitrogens with zero attached hydrogens (tertiary/aromatic N) is 1. The topological polar surface area (TPSA) is 32.3 Å². The van der Waals surface area contributed by atoms with Gasteiger partial charge in [0, 0.05) is 12.6 Å². The Kier molecular flexibility index (Phi) is 3.61. The van der Waals surface area contributed by atoms with Crippen molar-refractivity contribution in [3.63, 3.8) is 0 Å². The molecule has 1 amide bonds. The molecule has 16 heavy (non-hydrogen) atoms. The third-order valence-corrected chi connectivity index (χ3v) is 3.71. The van der Waals surface area contributed by atoms with E-state index in [9.17, 15) is 4.79 Å². The monoisotopic (exact) mass is 238 g/mol. The van der Waals surface area contributed by atoms with Crippen LogP contribution in [0.15, 0.2) is 16.8 Å². The van der Waals surface area contributed by atoms with Gasteiger partial charge in [0.05, 0.1) is 6.04 Å². The highest BCUT2D eigenvalue weighted by Gasteiger charge is 2.27. The van der Waals surface area contributed by atoms with Crippen molar-refractivity contribution in [2.45, 2.75) is 38.4 Å². The normalized spacial score (nSPS) is 17.4. The lowest BCUT2D eigenvalue weighted by Crippen LogP contribution is -2.43. The smallest absolute Gasteiger partial charge is 0.237 e. The molecule has 1 aliphatic rings. The van der Waals surface area contributed by atoms with Gasteiger partial charge in [0.15, 0.2) is 0 Å². The Morgan fingerprint density at radius 3 is 3.00 bits per heavy atom. The van der Waals surface area contributed by atoms with Crippen molar-refractivity contribution in [2.24, 2.45) is 0 Å². The second-order valence-corrected chi connectivity index (χ2v) is 5.29. The van der Waals surface area contributed by atoms with Crippen molar-refractivity contribution in [2.75, 3.05) is 7.05 Å². The molecule has 1 aromatic heterocycles. The van der Waals surface area contributed by atoms with Crippen molar-refractivity contribution >= 4 is 17.2 Å². The molecule has 0 spiro atoms. The summed E-state index contributed by atoms with van der Waals surface area (Å²) in [4.78, 5) is 13.9. The zero-order valence-corrected chi connectivity index (χ0v) is 10.6. The molecule has 0 bridgehead atoms. The van der Waals surface area contributed by atoms with Gasteiger partial charge in [-0.15, -0.1) is 0 Å². The van der Waals surface area contributed by atoms with Crippen LogP contribution in [0.1, 0.15) is 25.3 Å². The maximum Gasteiger partial charge on any atom is 0.237 e. The maximum absolute atomic E-state index is 11.8. The SMILES string of the molecule is C[C@H](C(=O)NC1CC1)N(C)Cc1ccsc1. The minimum Gasteiger partial charge on any atom is -0.352 e. The first-order chi connectivity index (χ1) is 7.66. The van der Waals surface area contributed by atoms with Gasteiger partial charge in [-0.3, -0.25) is 9.69 Å². The highest BCUT2D eigenvalue weighted by molar-refractivity contribution is 7.07. The van der Waals surface area contributed by atoms with Gasteiger partial charge < -0.3 is 5.32 Å². The molecule has 0 aliphatic heterocycles. The Bertz CT molecular complexity index is 346. The van der Waals surface area contributed by atoms with Crippen LogP contribution >= 0.6 is 11.3 Å². The fourth-order valence-electron chi connectivity index (χ4n) is 1.56. The predicted molar refractivity (Wildman–Crippen MR) is 66.4 cm³/mol. The van der Waals surface area contributed by atoms with Crippen molar-refractivity contribution in [1.29, 1.82) is 0 Å². The highest BCUT2D eigenvalue weighted by Crippen LogP contribution is 2.19. The molecule has 0 saturated heterocycles. The zero-order valence-electron chi connectivity index (χ0n) is 9.77. The molecule has 1 heterocycles. The van der Waals surface area contributed by atoms with E-state index in [1.165, 1.54) is 5.56 Å². The third kappa shape index (κ3) is 3.06. The zero-order chi connectivity index (χ0) is 11.5. The number of hydrogen-bond acceptors (Lipinski definition) is 3. The van der Waals surface area contributed by atoms with Crippen LogP contribution in [0.4, 0.5) is 0 Å².